The summed E-state index contributed by atoms with van der Waals surface area (Å²) in [5.41, 5.74) is -0.386. The fraction of sp³-hybridized carbons (Fsp3) is 0.308. The third kappa shape index (κ3) is 3.74. The highest BCUT2D eigenvalue weighted by Gasteiger charge is 2.27. The molecule has 6 nitrogen and oxygen atoms in total. The molecule has 0 saturated carbocycles. The van der Waals surface area contributed by atoms with Crippen LogP contribution < -0.4 is 10.6 Å². The summed E-state index contributed by atoms with van der Waals surface area (Å²) in [6, 6.07) is 2.46. The Morgan fingerprint density at radius 1 is 1.38 bits per heavy atom. The maximum atomic E-state index is 13.3. The Kier molecular flexibility index (Phi) is 4.46. The number of amides is 2. The third-order valence-electron chi connectivity index (χ3n) is 2.84. The molecule has 2 rings (SSSR count). The molecule has 1 aromatic carbocycles. The Morgan fingerprint density at radius 3 is 2.76 bits per heavy atom. The minimum Gasteiger partial charge on any atom is -0.451 e. The Hall–Kier alpha value is -2.51. The van der Waals surface area contributed by atoms with E-state index in [1.54, 1.807) is 0 Å². The molecule has 1 heterocycles. The van der Waals surface area contributed by atoms with E-state index in [4.69, 9.17) is 4.74 Å². The van der Waals surface area contributed by atoms with Gasteiger partial charge in [0.25, 0.3) is 11.8 Å². The quantitative estimate of drug-likeness (QED) is 0.774. The van der Waals surface area contributed by atoms with Crippen molar-refractivity contribution in [2.75, 3.05) is 13.1 Å². The molecule has 0 bridgehead atoms. The fourth-order valence-corrected chi connectivity index (χ4v) is 1.81. The highest BCUT2D eigenvalue weighted by Crippen LogP contribution is 2.09. The van der Waals surface area contributed by atoms with Crippen molar-refractivity contribution >= 4 is 17.8 Å². The predicted octanol–water partition coefficient (Wildman–Crippen LogP) is 0.126. The van der Waals surface area contributed by atoms with Crippen molar-refractivity contribution in [2.45, 2.75) is 12.5 Å². The summed E-state index contributed by atoms with van der Waals surface area (Å²) in [4.78, 5) is 34.3. The van der Waals surface area contributed by atoms with Gasteiger partial charge in [-0.3, -0.25) is 14.4 Å². The van der Waals surface area contributed by atoms with E-state index in [-0.39, 0.29) is 11.5 Å². The Labute approximate surface area is 118 Å². The number of hydrogen-bond acceptors (Lipinski definition) is 4. The van der Waals surface area contributed by atoms with Gasteiger partial charge >= 0.3 is 5.97 Å². The van der Waals surface area contributed by atoms with E-state index in [1.807, 2.05) is 0 Å². The van der Waals surface area contributed by atoms with Crippen molar-refractivity contribution in [3.8, 4) is 0 Å². The molecule has 1 saturated heterocycles. The van der Waals surface area contributed by atoms with E-state index >= 15 is 0 Å². The van der Waals surface area contributed by atoms with Crippen molar-refractivity contribution < 1.29 is 27.9 Å². The Bertz CT molecular complexity index is 592. The number of hydrogen-bond donors (Lipinski definition) is 2. The number of rotatable bonds is 4. The van der Waals surface area contributed by atoms with E-state index in [1.165, 1.54) is 0 Å². The normalized spacial score (nSPS) is 17.2. The van der Waals surface area contributed by atoms with Crippen LogP contribution in [0.25, 0.3) is 0 Å². The van der Waals surface area contributed by atoms with Gasteiger partial charge in [-0.1, -0.05) is 0 Å². The maximum absolute atomic E-state index is 13.3. The summed E-state index contributed by atoms with van der Waals surface area (Å²) in [6.45, 7) is -0.0939. The maximum Gasteiger partial charge on any atom is 0.326 e. The first-order valence-electron chi connectivity index (χ1n) is 6.18. The molecule has 1 aliphatic heterocycles. The van der Waals surface area contributed by atoms with Crippen LogP contribution in [0.1, 0.15) is 16.8 Å². The van der Waals surface area contributed by atoms with Crippen LogP contribution in [0, 0.1) is 11.6 Å². The van der Waals surface area contributed by atoms with E-state index in [9.17, 15) is 23.2 Å². The topological polar surface area (TPSA) is 84.5 Å². The largest absolute Gasteiger partial charge is 0.451 e. The molecule has 2 N–H and O–H groups in total. The summed E-state index contributed by atoms with van der Waals surface area (Å²) < 4.78 is 30.9. The second-order valence-corrected chi connectivity index (χ2v) is 4.37. The molecule has 8 heteroatoms. The first-order chi connectivity index (χ1) is 9.97. The van der Waals surface area contributed by atoms with Gasteiger partial charge in [-0.15, -0.1) is 0 Å². The van der Waals surface area contributed by atoms with Crippen molar-refractivity contribution in [1.82, 2.24) is 10.6 Å². The van der Waals surface area contributed by atoms with Crippen molar-refractivity contribution in [2.24, 2.45) is 0 Å². The van der Waals surface area contributed by atoms with Gasteiger partial charge in [0.05, 0.1) is 5.56 Å². The lowest BCUT2D eigenvalue weighted by Gasteiger charge is -2.10. The minimum atomic E-state index is -1.03. The van der Waals surface area contributed by atoms with Gasteiger partial charge < -0.3 is 15.4 Å². The molecule has 1 fully saturated rings. The predicted molar refractivity (Wildman–Crippen MR) is 66.2 cm³/mol. The molecule has 112 valence electrons. The summed E-state index contributed by atoms with van der Waals surface area (Å²) in [7, 11) is 0. The lowest BCUT2D eigenvalue weighted by Crippen LogP contribution is -2.35. The van der Waals surface area contributed by atoms with Gasteiger partial charge in [0, 0.05) is 19.0 Å². The standard InChI is InChI=1S/C13H12F2N2O4/c14-7-1-2-8(9(15)5-7)12(19)17-6-11(18)21-10-3-4-16-13(10)20/h1-2,5,10H,3-4,6H2,(H,16,20)(H,17,19). The zero-order chi connectivity index (χ0) is 15.4. The zero-order valence-corrected chi connectivity index (χ0v) is 10.8. The van der Waals surface area contributed by atoms with Gasteiger partial charge in [0.1, 0.15) is 18.2 Å². The van der Waals surface area contributed by atoms with E-state index in [0.29, 0.717) is 19.0 Å². The van der Waals surface area contributed by atoms with Crippen LogP contribution in [0.15, 0.2) is 18.2 Å². The van der Waals surface area contributed by atoms with Crippen molar-refractivity contribution in [3.05, 3.63) is 35.4 Å². The molecular formula is C13H12F2N2O4. The van der Waals surface area contributed by atoms with E-state index in [0.717, 1.165) is 12.1 Å². The van der Waals surface area contributed by atoms with Gasteiger partial charge in [-0.2, -0.15) is 0 Å². The smallest absolute Gasteiger partial charge is 0.326 e. The Morgan fingerprint density at radius 2 is 2.14 bits per heavy atom. The number of nitrogens with one attached hydrogen (secondary N) is 2. The molecule has 21 heavy (non-hydrogen) atoms. The highest BCUT2D eigenvalue weighted by atomic mass is 19.1. The molecule has 0 aliphatic carbocycles. The monoisotopic (exact) mass is 298 g/mol. The molecule has 1 unspecified atom stereocenters. The van der Waals surface area contributed by atoms with E-state index < -0.39 is 36.2 Å². The Balaban J connectivity index is 1.86. The zero-order valence-electron chi connectivity index (χ0n) is 10.8. The first kappa shape index (κ1) is 14.9. The minimum absolute atomic E-state index is 0.366. The molecule has 0 radical (unpaired) electrons. The number of benzene rings is 1. The molecule has 1 aromatic rings. The SMILES string of the molecule is O=C(CNC(=O)c1ccc(F)cc1F)OC1CCNC1=O. The first-order valence-corrected chi connectivity index (χ1v) is 6.18. The third-order valence-corrected chi connectivity index (χ3v) is 2.84. The average Bonchev–Trinajstić information content (AvgIpc) is 2.81. The summed E-state index contributed by atoms with van der Waals surface area (Å²) in [5, 5.41) is 4.63. The number of carbonyl (C=O) groups is 3. The molecular weight excluding hydrogens is 286 g/mol. The van der Waals surface area contributed by atoms with Crippen LogP contribution in [-0.4, -0.2) is 37.0 Å². The van der Waals surface area contributed by atoms with Crippen LogP contribution in [0.4, 0.5) is 8.78 Å². The number of halogens is 2. The lowest BCUT2D eigenvalue weighted by molar-refractivity contribution is -0.152. The summed E-state index contributed by atoms with van der Waals surface area (Å²) >= 11 is 0. The van der Waals surface area contributed by atoms with Crippen LogP contribution >= 0.6 is 0 Å². The molecule has 1 atom stereocenters. The van der Waals surface area contributed by atoms with Gasteiger partial charge in [-0.25, -0.2) is 8.78 Å². The number of carbonyl (C=O) groups excluding carboxylic acids is 3. The molecule has 0 spiro atoms. The van der Waals surface area contributed by atoms with Crippen molar-refractivity contribution in [1.29, 1.82) is 0 Å². The second-order valence-electron chi connectivity index (χ2n) is 4.37. The summed E-state index contributed by atoms with van der Waals surface area (Å²) in [6.07, 6.45) is -0.498. The van der Waals surface area contributed by atoms with E-state index in [2.05, 4.69) is 10.6 Å². The van der Waals surface area contributed by atoms with Gasteiger partial charge in [0.15, 0.2) is 6.10 Å². The van der Waals surface area contributed by atoms with Crippen molar-refractivity contribution in [3.63, 3.8) is 0 Å². The van der Waals surface area contributed by atoms with Crippen LogP contribution in [0.5, 0.6) is 0 Å². The van der Waals surface area contributed by atoms with Gasteiger partial charge in [-0.05, 0) is 12.1 Å². The second kappa shape index (κ2) is 6.29. The molecule has 0 aromatic heterocycles. The van der Waals surface area contributed by atoms with Gasteiger partial charge in [0.2, 0.25) is 0 Å². The summed E-state index contributed by atoms with van der Waals surface area (Å²) in [5.74, 6) is -3.92. The van der Waals surface area contributed by atoms with Crippen LogP contribution in [-0.2, 0) is 14.3 Å². The average molecular weight is 298 g/mol. The molecule has 1 aliphatic rings. The fourth-order valence-electron chi connectivity index (χ4n) is 1.81. The van der Waals surface area contributed by atoms with Crippen LogP contribution in [0.3, 0.4) is 0 Å². The lowest BCUT2D eigenvalue weighted by atomic mass is 10.2. The van der Waals surface area contributed by atoms with Crippen LogP contribution in [0.2, 0.25) is 0 Å². The highest BCUT2D eigenvalue weighted by molar-refractivity contribution is 5.96. The number of ether oxygens (including phenoxy) is 1. The number of esters is 1. The molecule has 2 amide bonds.